The number of ether oxygens (including phenoxy) is 1. The second-order valence-corrected chi connectivity index (χ2v) is 5.36. The standard InChI is InChI=1S/C16H28N2O/c1-13-10-14(2)16(15(3)11-13)12-18(4)8-6-17-7-9-19-5/h10-11,17H,6-9,12H2,1-5H3. The summed E-state index contributed by atoms with van der Waals surface area (Å²) in [5.41, 5.74) is 5.61. The molecular weight excluding hydrogens is 236 g/mol. The first-order chi connectivity index (χ1) is 9.04. The van der Waals surface area contributed by atoms with Gasteiger partial charge in [0.2, 0.25) is 0 Å². The molecule has 0 spiro atoms. The number of nitrogens with one attached hydrogen (secondary N) is 1. The quantitative estimate of drug-likeness (QED) is 0.729. The number of hydrogen-bond acceptors (Lipinski definition) is 3. The van der Waals surface area contributed by atoms with Gasteiger partial charge in [0.1, 0.15) is 0 Å². The van der Waals surface area contributed by atoms with Crippen molar-refractivity contribution in [2.75, 3.05) is 40.4 Å². The first-order valence-electron chi connectivity index (χ1n) is 6.99. The Morgan fingerprint density at radius 1 is 1.11 bits per heavy atom. The molecule has 1 N–H and O–H groups in total. The molecule has 0 heterocycles. The Hall–Kier alpha value is -0.900. The van der Waals surface area contributed by atoms with Crippen LogP contribution < -0.4 is 5.32 Å². The molecule has 3 heteroatoms. The van der Waals surface area contributed by atoms with Crippen LogP contribution in [0.15, 0.2) is 12.1 Å². The molecule has 3 nitrogen and oxygen atoms in total. The van der Waals surface area contributed by atoms with E-state index in [0.29, 0.717) is 0 Å². The molecule has 1 aromatic carbocycles. The smallest absolute Gasteiger partial charge is 0.0587 e. The number of methoxy groups -OCH3 is 1. The van der Waals surface area contributed by atoms with Crippen LogP contribution in [0.25, 0.3) is 0 Å². The van der Waals surface area contributed by atoms with Gasteiger partial charge in [-0.05, 0) is 44.5 Å². The van der Waals surface area contributed by atoms with E-state index < -0.39 is 0 Å². The first kappa shape index (κ1) is 16.2. The molecule has 0 aliphatic rings. The van der Waals surface area contributed by atoms with Gasteiger partial charge < -0.3 is 15.0 Å². The lowest BCUT2D eigenvalue weighted by Crippen LogP contribution is -2.31. The molecule has 0 atom stereocenters. The predicted molar refractivity (Wildman–Crippen MR) is 81.7 cm³/mol. The molecule has 0 aliphatic carbocycles. The molecule has 0 bridgehead atoms. The van der Waals surface area contributed by atoms with Crippen LogP contribution in [0.5, 0.6) is 0 Å². The Bertz CT molecular complexity index is 367. The highest BCUT2D eigenvalue weighted by molar-refractivity contribution is 5.37. The minimum atomic E-state index is 0.778. The average molecular weight is 264 g/mol. The lowest BCUT2D eigenvalue weighted by Gasteiger charge is -2.20. The van der Waals surface area contributed by atoms with Gasteiger partial charge in [-0.15, -0.1) is 0 Å². The third-order valence-corrected chi connectivity index (χ3v) is 3.42. The summed E-state index contributed by atoms with van der Waals surface area (Å²) in [6, 6.07) is 4.54. The molecule has 0 saturated carbocycles. The Morgan fingerprint density at radius 2 is 1.74 bits per heavy atom. The normalized spacial score (nSPS) is 11.3. The van der Waals surface area contributed by atoms with Crippen LogP contribution in [0.1, 0.15) is 22.3 Å². The zero-order chi connectivity index (χ0) is 14.3. The minimum absolute atomic E-state index is 0.778. The van der Waals surface area contributed by atoms with Crippen molar-refractivity contribution in [1.29, 1.82) is 0 Å². The molecule has 1 rings (SSSR count). The van der Waals surface area contributed by atoms with Gasteiger partial charge in [0, 0.05) is 33.3 Å². The van der Waals surface area contributed by atoms with E-state index in [-0.39, 0.29) is 0 Å². The van der Waals surface area contributed by atoms with E-state index in [9.17, 15) is 0 Å². The summed E-state index contributed by atoms with van der Waals surface area (Å²) in [5.74, 6) is 0. The van der Waals surface area contributed by atoms with Crippen molar-refractivity contribution in [3.05, 3.63) is 34.4 Å². The fourth-order valence-electron chi connectivity index (χ4n) is 2.38. The maximum atomic E-state index is 5.01. The fraction of sp³-hybridized carbons (Fsp3) is 0.625. The summed E-state index contributed by atoms with van der Waals surface area (Å²) < 4.78 is 5.01. The van der Waals surface area contributed by atoms with Crippen molar-refractivity contribution >= 4 is 0 Å². The summed E-state index contributed by atoms with van der Waals surface area (Å²) in [7, 11) is 3.91. The second kappa shape index (κ2) is 8.31. The van der Waals surface area contributed by atoms with E-state index in [1.807, 2.05) is 0 Å². The van der Waals surface area contributed by atoms with Crippen molar-refractivity contribution in [1.82, 2.24) is 10.2 Å². The maximum Gasteiger partial charge on any atom is 0.0587 e. The zero-order valence-electron chi connectivity index (χ0n) is 13.0. The first-order valence-corrected chi connectivity index (χ1v) is 6.99. The SMILES string of the molecule is COCCNCCN(C)Cc1c(C)cc(C)cc1C. The van der Waals surface area contributed by atoms with Crippen LogP contribution in [-0.2, 0) is 11.3 Å². The Kier molecular flexibility index (Phi) is 7.06. The largest absolute Gasteiger partial charge is 0.383 e. The highest BCUT2D eigenvalue weighted by atomic mass is 16.5. The van der Waals surface area contributed by atoms with Crippen molar-refractivity contribution in [2.45, 2.75) is 27.3 Å². The number of nitrogens with zero attached hydrogens (tertiary/aromatic N) is 1. The molecule has 0 aliphatic heterocycles. The summed E-state index contributed by atoms with van der Waals surface area (Å²) in [6.07, 6.45) is 0. The highest BCUT2D eigenvalue weighted by Gasteiger charge is 2.06. The fourth-order valence-corrected chi connectivity index (χ4v) is 2.38. The second-order valence-electron chi connectivity index (χ2n) is 5.36. The Morgan fingerprint density at radius 3 is 2.32 bits per heavy atom. The van der Waals surface area contributed by atoms with Crippen LogP contribution in [0.3, 0.4) is 0 Å². The summed E-state index contributed by atoms with van der Waals surface area (Å²) >= 11 is 0. The third kappa shape index (κ3) is 5.72. The molecule has 0 unspecified atom stereocenters. The van der Waals surface area contributed by atoms with Crippen molar-refractivity contribution < 1.29 is 4.74 Å². The van der Waals surface area contributed by atoms with E-state index in [4.69, 9.17) is 4.74 Å². The van der Waals surface area contributed by atoms with Crippen LogP contribution >= 0.6 is 0 Å². The van der Waals surface area contributed by atoms with Gasteiger partial charge in [0.05, 0.1) is 6.61 Å². The van der Waals surface area contributed by atoms with Crippen LogP contribution in [0, 0.1) is 20.8 Å². The summed E-state index contributed by atoms with van der Waals surface area (Å²) in [4.78, 5) is 2.37. The molecule has 0 saturated heterocycles. The van der Waals surface area contributed by atoms with Crippen LogP contribution in [0.4, 0.5) is 0 Å². The monoisotopic (exact) mass is 264 g/mol. The van der Waals surface area contributed by atoms with Gasteiger partial charge in [-0.3, -0.25) is 0 Å². The minimum Gasteiger partial charge on any atom is -0.383 e. The summed E-state index contributed by atoms with van der Waals surface area (Å²) in [5, 5.41) is 3.37. The highest BCUT2D eigenvalue weighted by Crippen LogP contribution is 2.17. The van der Waals surface area contributed by atoms with E-state index in [0.717, 1.165) is 32.8 Å². The van der Waals surface area contributed by atoms with E-state index in [1.54, 1.807) is 7.11 Å². The van der Waals surface area contributed by atoms with E-state index in [2.05, 4.69) is 50.2 Å². The predicted octanol–water partition coefficient (Wildman–Crippen LogP) is 2.28. The Balaban J connectivity index is 2.42. The number of aryl methyl sites for hydroxylation is 3. The lowest BCUT2D eigenvalue weighted by molar-refractivity contribution is 0.197. The topological polar surface area (TPSA) is 24.5 Å². The molecule has 0 fully saturated rings. The Labute approximate surface area is 118 Å². The third-order valence-electron chi connectivity index (χ3n) is 3.42. The van der Waals surface area contributed by atoms with Crippen LogP contribution in [-0.4, -0.2) is 45.3 Å². The van der Waals surface area contributed by atoms with Gasteiger partial charge in [-0.2, -0.15) is 0 Å². The number of likely N-dealkylation sites (N-methyl/N-ethyl adjacent to an activating group) is 1. The van der Waals surface area contributed by atoms with Crippen LogP contribution in [0.2, 0.25) is 0 Å². The molecule has 108 valence electrons. The molecular formula is C16H28N2O. The molecule has 0 radical (unpaired) electrons. The van der Waals surface area contributed by atoms with Gasteiger partial charge in [0.25, 0.3) is 0 Å². The van der Waals surface area contributed by atoms with E-state index >= 15 is 0 Å². The van der Waals surface area contributed by atoms with Gasteiger partial charge in [0.15, 0.2) is 0 Å². The van der Waals surface area contributed by atoms with E-state index in [1.165, 1.54) is 22.3 Å². The average Bonchev–Trinajstić information content (AvgIpc) is 2.33. The van der Waals surface area contributed by atoms with Crippen molar-refractivity contribution in [3.63, 3.8) is 0 Å². The molecule has 1 aromatic rings. The van der Waals surface area contributed by atoms with Crippen molar-refractivity contribution in [3.8, 4) is 0 Å². The van der Waals surface area contributed by atoms with Gasteiger partial charge in [-0.1, -0.05) is 17.7 Å². The molecule has 0 amide bonds. The molecule has 19 heavy (non-hydrogen) atoms. The number of rotatable bonds is 8. The van der Waals surface area contributed by atoms with Gasteiger partial charge in [-0.25, -0.2) is 0 Å². The van der Waals surface area contributed by atoms with Gasteiger partial charge >= 0.3 is 0 Å². The van der Waals surface area contributed by atoms with Crippen molar-refractivity contribution in [2.24, 2.45) is 0 Å². The zero-order valence-corrected chi connectivity index (χ0v) is 13.0. The number of hydrogen-bond donors (Lipinski definition) is 1. The lowest BCUT2D eigenvalue weighted by atomic mass is 9.99. The maximum absolute atomic E-state index is 5.01. The number of benzene rings is 1. The molecule has 0 aromatic heterocycles. The summed E-state index contributed by atoms with van der Waals surface area (Å²) in [6.45, 7) is 11.4.